The fraction of sp³-hybridized carbons (Fsp3) is 0.706. The van der Waals surface area contributed by atoms with Gasteiger partial charge in [0, 0.05) is 39.5 Å². The number of pyridine rings is 1. The lowest BCUT2D eigenvalue weighted by Crippen LogP contribution is -2.32. The summed E-state index contributed by atoms with van der Waals surface area (Å²) in [6.45, 7) is 5.53. The van der Waals surface area contributed by atoms with Crippen molar-refractivity contribution in [3.05, 3.63) is 24.4 Å². The maximum Gasteiger partial charge on any atom is 0.125 e. The minimum Gasteiger partial charge on any atom is -0.383 e. The maximum atomic E-state index is 5.23. The number of nitrogens with zero attached hydrogens (tertiary/aromatic N) is 2. The third-order valence-electron chi connectivity index (χ3n) is 5.14. The van der Waals surface area contributed by atoms with Crippen molar-refractivity contribution in [1.82, 2.24) is 9.88 Å². The molecule has 1 aliphatic carbocycles. The topological polar surface area (TPSA) is 37.4 Å². The molecule has 21 heavy (non-hydrogen) atoms. The van der Waals surface area contributed by atoms with Crippen LogP contribution in [0.4, 0.5) is 5.82 Å². The van der Waals surface area contributed by atoms with E-state index in [1.807, 2.05) is 18.3 Å². The zero-order valence-corrected chi connectivity index (χ0v) is 13.0. The summed E-state index contributed by atoms with van der Waals surface area (Å²) in [6, 6.07) is 6.06. The van der Waals surface area contributed by atoms with Crippen LogP contribution in [0.3, 0.4) is 0 Å². The van der Waals surface area contributed by atoms with Gasteiger partial charge in [-0.1, -0.05) is 12.5 Å². The summed E-state index contributed by atoms with van der Waals surface area (Å²) in [5.41, 5.74) is 0. The first-order valence-electron chi connectivity index (χ1n) is 8.23. The Morgan fingerprint density at radius 2 is 2.29 bits per heavy atom. The molecule has 3 atom stereocenters. The lowest BCUT2D eigenvalue weighted by atomic mass is 9.74. The predicted molar refractivity (Wildman–Crippen MR) is 85.4 cm³/mol. The molecule has 1 aromatic heterocycles. The normalized spacial score (nSPS) is 29.3. The van der Waals surface area contributed by atoms with Crippen LogP contribution >= 0.6 is 0 Å². The molecule has 0 amide bonds. The smallest absolute Gasteiger partial charge is 0.125 e. The van der Waals surface area contributed by atoms with Gasteiger partial charge in [-0.25, -0.2) is 4.98 Å². The van der Waals surface area contributed by atoms with E-state index in [2.05, 4.69) is 21.3 Å². The Bertz CT molecular complexity index is 425. The van der Waals surface area contributed by atoms with Crippen LogP contribution in [-0.2, 0) is 4.74 Å². The van der Waals surface area contributed by atoms with Gasteiger partial charge in [0.05, 0.1) is 6.61 Å². The highest BCUT2D eigenvalue weighted by molar-refractivity contribution is 5.33. The van der Waals surface area contributed by atoms with Gasteiger partial charge in [-0.05, 0) is 42.7 Å². The van der Waals surface area contributed by atoms with E-state index in [9.17, 15) is 0 Å². The summed E-state index contributed by atoms with van der Waals surface area (Å²) in [5.74, 6) is 3.55. The molecule has 4 nitrogen and oxygen atoms in total. The van der Waals surface area contributed by atoms with Crippen molar-refractivity contribution in [1.29, 1.82) is 0 Å². The van der Waals surface area contributed by atoms with E-state index >= 15 is 0 Å². The quantitative estimate of drug-likeness (QED) is 0.873. The molecule has 0 aromatic carbocycles. The van der Waals surface area contributed by atoms with Gasteiger partial charge in [-0.2, -0.15) is 0 Å². The number of rotatable bonds is 6. The summed E-state index contributed by atoms with van der Waals surface area (Å²) in [6.07, 6.45) is 6.01. The first-order chi connectivity index (χ1) is 10.4. The average molecular weight is 289 g/mol. The van der Waals surface area contributed by atoms with E-state index in [-0.39, 0.29) is 0 Å². The first-order valence-corrected chi connectivity index (χ1v) is 8.23. The van der Waals surface area contributed by atoms with Gasteiger partial charge in [0.25, 0.3) is 0 Å². The van der Waals surface area contributed by atoms with Gasteiger partial charge < -0.3 is 15.0 Å². The second kappa shape index (κ2) is 7.23. The third kappa shape index (κ3) is 3.74. The van der Waals surface area contributed by atoms with Gasteiger partial charge >= 0.3 is 0 Å². The number of likely N-dealkylation sites (tertiary alicyclic amines) is 1. The van der Waals surface area contributed by atoms with Crippen molar-refractivity contribution in [2.45, 2.75) is 19.3 Å². The van der Waals surface area contributed by atoms with Crippen molar-refractivity contribution in [2.24, 2.45) is 17.8 Å². The number of hydrogen-bond donors (Lipinski definition) is 1. The molecule has 1 N–H and O–H groups in total. The van der Waals surface area contributed by atoms with Crippen molar-refractivity contribution in [3.8, 4) is 0 Å². The molecule has 2 fully saturated rings. The Hall–Kier alpha value is -1.13. The van der Waals surface area contributed by atoms with Crippen molar-refractivity contribution < 1.29 is 4.74 Å². The molecule has 0 radical (unpaired) electrons. The number of hydrogen-bond acceptors (Lipinski definition) is 4. The maximum absolute atomic E-state index is 5.23. The van der Waals surface area contributed by atoms with E-state index in [0.29, 0.717) is 0 Å². The SMILES string of the molecule is COCCN1C[C@@H]2CCC[C@H](CNc3ccccn3)[C@@H]2C1. The number of ether oxygens (including phenoxy) is 1. The fourth-order valence-electron chi connectivity index (χ4n) is 4.04. The molecule has 0 spiro atoms. The molecule has 1 aliphatic heterocycles. The first kappa shape index (κ1) is 14.8. The van der Waals surface area contributed by atoms with Crippen LogP contribution in [0, 0.1) is 17.8 Å². The van der Waals surface area contributed by atoms with Crippen LogP contribution in [0.1, 0.15) is 19.3 Å². The predicted octanol–water partition coefficient (Wildman–Crippen LogP) is 2.49. The molecule has 1 saturated carbocycles. The van der Waals surface area contributed by atoms with Gasteiger partial charge in [0.15, 0.2) is 0 Å². The Kier molecular flexibility index (Phi) is 5.09. The molecule has 116 valence electrons. The summed E-state index contributed by atoms with van der Waals surface area (Å²) in [4.78, 5) is 6.96. The number of fused-ring (bicyclic) bond motifs is 1. The number of anilines is 1. The van der Waals surface area contributed by atoms with Crippen LogP contribution in [0.25, 0.3) is 0 Å². The van der Waals surface area contributed by atoms with Gasteiger partial charge in [-0.15, -0.1) is 0 Å². The second-order valence-electron chi connectivity index (χ2n) is 6.46. The minimum atomic E-state index is 0.790. The highest BCUT2D eigenvalue weighted by Gasteiger charge is 2.39. The average Bonchev–Trinajstić information content (AvgIpc) is 2.95. The molecule has 0 unspecified atom stereocenters. The molecule has 0 bridgehead atoms. The van der Waals surface area contributed by atoms with E-state index in [1.54, 1.807) is 7.11 Å². The van der Waals surface area contributed by atoms with Gasteiger partial charge in [0.2, 0.25) is 0 Å². The number of aromatic nitrogens is 1. The van der Waals surface area contributed by atoms with E-state index in [4.69, 9.17) is 4.74 Å². The molecular weight excluding hydrogens is 262 g/mol. The molecule has 3 rings (SSSR count). The molecular formula is C17H27N3O. The third-order valence-corrected chi connectivity index (χ3v) is 5.14. The van der Waals surface area contributed by atoms with Crippen LogP contribution in [-0.4, -0.2) is 49.8 Å². The summed E-state index contributed by atoms with van der Waals surface area (Å²) in [5, 5.41) is 3.53. The summed E-state index contributed by atoms with van der Waals surface area (Å²) < 4.78 is 5.23. The van der Waals surface area contributed by atoms with E-state index in [1.165, 1.54) is 32.4 Å². The van der Waals surface area contributed by atoms with E-state index in [0.717, 1.165) is 43.3 Å². The van der Waals surface area contributed by atoms with Crippen LogP contribution in [0.2, 0.25) is 0 Å². The fourth-order valence-corrected chi connectivity index (χ4v) is 4.04. The highest BCUT2D eigenvalue weighted by Crippen LogP contribution is 2.40. The zero-order chi connectivity index (χ0) is 14.5. The highest BCUT2D eigenvalue weighted by atomic mass is 16.5. The number of nitrogens with one attached hydrogen (secondary N) is 1. The zero-order valence-electron chi connectivity index (χ0n) is 13.0. The van der Waals surface area contributed by atoms with E-state index < -0.39 is 0 Å². The lowest BCUT2D eigenvalue weighted by molar-refractivity contribution is 0.156. The largest absolute Gasteiger partial charge is 0.383 e. The van der Waals surface area contributed by atoms with Crippen LogP contribution < -0.4 is 5.32 Å². The molecule has 1 aromatic rings. The van der Waals surface area contributed by atoms with Crippen molar-refractivity contribution in [2.75, 3.05) is 45.2 Å². The Morgan fingerprint density at radius 1 is 1.33 bits per heavy atom. The second-order valence-corrected chi connectivity index (χ2v) is 6.46. The summed E-state index contributed by atoms with van der Waals surface area (Å²) >= 11 is 0. The standard InChI is InChI=1S/C17H27N3O/c1-21-10-9-20-12-15-6-4-5-14(16(15)13-20)11-19-17-7-2-3-8-18-17/h2-3,7-8,14-16H,4-6,9-13H2,1H3,(H,18,19)/t14-,15+,16+/m1/s1. The Morgan fingerprint density at radius 3 is 3.10 bits per heavy atom. The number of methoxy groups -OCH3 is 1. The Labute approximate surface area is 127 Å². The Balaban J connectivity index is 1.53. The van der Waals surface area contributed by atoms with Gasteiger partial charge in [-0.3, -0.25) is 0 Å². The minimum absolute atomic E-state index is 0.790. The lowest BCUT2D eigenvalue weighted by Gasteiger charge is -2.33. The van der Waals surface area contributed by atoms with Crippen molar-refractivity contribution in [3.63, 3.8) is 0 Å². The van der Waals surface area contributed by atoms with Crippen molar-refractivity contribution >= 4 is 5.82 Å². The molecule has 2 heterocycles. The van der Waals surface area contributed by atoms with Crippen LogP contribution in [0.15, 0.2) is 24.4 Å². The monoisotopic (exact) mass is 289 g/mol. The molecule has 1 saturated heterocycles. The molecule has 2 aliphatic rings. The van der Waals surface area contributed by atoms with Crippen LogP contribution in [0.5, 0.6) is 0 Å². The molecule has 4 heteroatoms. The van der Waals surface area contributed by atoms with Gasteiger partial charge in [0.1, 0.15) is 5.82 Å². The summed E-state index contributed by atoms with van der Waals surface area (Å²) in [7, 11) is 1.79.